The maximum Gasteiger partial charge on any atom is 0.389 e. The molecule has 0 saturated heterocycles. The number of hydrogen-bond acceptors (Lipinski definition) is 7. The maximum atomic E-state index is 13.4. The number of imidazole rings is 1. The summed E-state index contributed by atoms with van der Waals surface area (Å²) in [4.78, 5) is 27.9. The van der Waals surface area contributed by atoms with Crippen LogP contribution in [0.4, 0.5) is 30.7 Å². The summed E-state index contributed by atoms with van der Waals surface area (Å²) in [5.74, 6) is -6.09. The van der Waals surface area contributed by atoms with E-state index in [4.69, 9.17) is 11.6 Å². The Kier molecular flexibility index (Phi) is 7.85. The van der Waals surface area contributed by atoms with Gasteiger partial charge in [0.2, 0.25) is 5.91 Å². The zero-order valence-corrected chi connectivity index (χ0v) is 19.0. The van der Waals surface area contributed by atoms with Crippen LogP contribution in [0.3, 0.4) is 0 Å². The number of rotatable bonds is 10. The Morgan fingerprint density at radius 3 is 2.54 bits per heavy atom. The molecule has 10 nitrogen and oxygen atoms in total. The number of hydrazine groups is 1. The summed E-state index contributed by atoms with van der Waals surface area (Å²) >= 11 is 0. The summed E-state index contributed by atoms with van der Waals surface area (Å²) in [6, 6.07) is 1.53. The monoisotopic (exact) mass is 540 g/mol. The van der Waals surface area contributed by atoms with Crippen LogP contribution in [0.15, 0.2) is 30.4 Å². The number of amides is 2. The SMILES string of the molecule is N/C(=C\N(N)CC1CC(F)(F)C1(F)F)C(=O)NCc1cn2ncc(CNC(=O)CCC(F)(F)F)cc2n1. The number of nitrogens with two attached hydrogens (primary N) is 2. The molecule has 37 heavy (non-hydrogen) atoms. The van der Waals surface area contributed by atoms with Gasteiger partial charge in [-0.1, -0.05) is 0 Å². The predicted octanol–water partition coefficient (Wildman–Crippen LogP) is 1.57. The molecule has 17 heteroatoms. The first-order chi connectivity index (χ1) is 17.1. The van der Waals surface area contributed by atoms with Crippen molar-refractivity contribution in [3.05, 3.63) is 41.6 Å². The second-order valence-corrected chi connectivity index (χ2v) is 8.48. The van der Waals surface area contributed by atoms with E-state index in [0.717, 1.165) is 6.20 Å². The Morgan fingerprint density at radius 1 is 1.22 bits per heavy atom. The standard InChI is InChI=1S/C20H23F7N8O2/c21-18(22)4-12(20(18,26)27)8-34(29)10-14(28)17(37)31-7-13-9-35-15(33-13)3-11(6-32-35)5-30-16(36)1-2-19(23,24)25/h3,6,9-10,12H,1-2,4-5,7-8,28-29H2,(H,30,36)(H,31,37)/b14-10-. The molecule has 2 amide bonds. The molecule has 2 aromatic heterocycles. The highest BCUT2D eigenvalue weighted by molar-refractivity contribution is 5.92. The molecule has 1 aliphatic rings. The Labute approximate surface area is 204 Å². The minimum atomic E-state index is -4.43. The van der Waals surface area contributed by atoms with Gasteiger partial charge in [-0.2, -0.15) is 35.8 Å². The summed E-state index contributed by atoms with van der Waals surface area (Å²) in [7, 11) is 0. The minimum Gasteiger partial charge on any atom is -0.393 e. The molecule has 1 fully saturated rings. The predicted molar refractivity (Wildman–Crippen MR) is 113 cm³/mol. The Bertz CT molecular complexity index is 1180. The third-order valence-corrected chi connectivity index (χ3v) is 5.48. The molecule has 1 saturated carbocycles. The molecule has 2 heterocycles. The molecule has 0 spiro atoms. The lowest BCUT2D eigenvalue weighted by Crippen LogP contribution is -2.61. The highest BCUT2D eigenvalue weighted by Crippen LogP contribution is 2.55. The number of nitrogens with zero attached hydrogens (tertiary/aromatic N) is 4. The zero-order valence-electron chi connectivity index (χ0n) is 19.0. The molecule has 6 N–H and O–H groups in total. The summed E-state index contributed by atoms with van der Waals surface area (Å²) in [5.41, 5.74) is 6.26. The van der Waals surface area contributed by atoms with Crippen molar-refractivity contribution >= 4 is 17.5 Å². The van der Waals surface area contributed by atoms with Crippen LogP contribution in [0, 0.1) is 5.92 Å². The maximum absolute atomic E-state index is 13.4. The van der Waals surface area contributed by atoms with E-state index in [1.807, 2.05) is 0 Å². The van der Waals surface area contributed by atoms with E-state index in [-0.39, 0.29) is 13.1 Å². The highest BCUT2D eigenvalue weighted by Gasteiger charge is 2.71. The lowest BCUT2D eigenvalue weighted by Gasteiger charge is -2.44. The van der Waals surface area contributed by atoms with Gasteiger partial charge in [-0.05, 0) is 11.6 Å². The zero-order chi connectivity index (χ0) is 27.6. The quantitative estimate of drug-likeness (QED) is 0.155. The van der Waals surface area contributed by atoms with Crippen molar-refractivity contribution in [1.29, 1.82) is 0 Å². The van der Waals surface area contributed by atoms with E-state index in [0.29, 0.717) is 21.9 Å². The molecule has 0 radical (unpaired) electrons. The molecular weight excluding hydrogens is 517 g/mol. The smallest absolute Gasteiger partial charge is 0.389 e. The van der Waals surface area contributed by atoms with Crippen molar-refractivity contribution < 1.29 is 40.3 Å². The molecule has 0 aliphatic heterocycles. The molecule has 1 unspecified atom stereocenters. The van der Waals surface area contributed by atoms with E-state index in [9.17, 15) is 40.3 Å². The van der Waals surface area contributed by atoms with Crippen molar-refractivity contribution in [2.24, 2.45) is 17.5 Å². The van der Waals surface area contributed by atoms with E-state index in [2.05, 4.69) is 20.7 Å². The van der Waals surface area contributed by atoms with Crippen molar-refractivity contribution in [3.8, 4) is 0 Å². The van der Waals surface area contributed by atoms with Crippen LogP contribution in [-0.4, -0.2) is 56.0 Å². The van der Waals surface area contributed by atoms with Gasteiger partial charge in [0.25, 0.3) is 5.91 Å². The number of carbonyl (C=O) groups excluding carboxylic acids is 2. The van der Waals surface area contributed by atoms with Crippen molar-refractivity contribution in [3.63, 3.8) is 0 Å². The van der Waals surface area contributed by atoms with Gasteiger partial charge in [-0.25, -0.2) is 15.3 Å². The van der Waals surface area contributed by atoms with Crippen molar-refractivity contribution in [1.82, 2.24) is 30.2 Å². The van der Waals surface area contributed by atoms with Crippen molar-refractivity contribution in [2.75, 3.05) is 6.54 Å². The van der Waals surface area contributed by atoms with Gasteiger partial charge in [0.15, 0.2) is 5.65 Å². The third kappa shape index (κ3) is 6.99. The molecular formula is C20H23F7N8O2. The van der Waals surface area contributed by atoms with Crippen LogP contribution in [0.25, 0.3) is 5.65 Å². The second kappa shape index (κ2) is 10.4. The first-order valence-corrected chi connectivity index (χ1v) is 10.8. The van der Waals surface area contributed by atoms with E-state index < -0.39 is 67.3 Å². The van der Waals surface area contributed by atoms with Crippen LogP contribution in [-0.2, 0) is 22.7 Å². The molecule has 1 aliphatic carbocycles. The number of carbonyl (C=O) groups is 2. The Morgan fingerprint density at radius 2 is 1.92 bits per heavy atom. The minimum absolute atomic E-state index is 0.0690. The molecule has 0 aromatic carbocycles. The summed E-state index contributed by atoms with van der Waals surface area (Å²) in [5, 5.41) is 9.48. The first kappa shape index (κ1) is 27.9. The number of aromatic nitrogens is 3. The molecule has 2 aromatic rings. The van der Waals surface area contributed by atoms with E-state index in [1.165, 1.54) is 23.0 Å². The number of fused-ring (bicyclic) bond motifs is 1. The summed E-state index contributed by atoms with van der Waals surface area (Å²) in [6.07, 6.45) is -3.71. The lowest BCUT2D eigenvalue weighted by molar-refractivity contribution is -0.315. The Hall–Kier alpha value is -3.63. The fourth-order valence-electron chi connectivity index (χ4n) is 3.43. The molecule has 0 bridgehead atoms. The first-order valence-electron chi connectivity index (χ1n) is 10.8. The summed E-state index contributed by atoms with van der Waals surface area (Å²) in [6.45, 7) is -0.835. The number of alkyl halides is 7. The normalized spacial score (nSPS) is 18.8. The van der Waals surface area contributed by atoms with Crippen LogP contribution in [0.5, 0.6) is 0 Å². The summed E-state index contributed by atoms with van der Waals surface area (Å²) < 4.78 is 90.5. The fourth-order valence-corrected chi connectivity index (χ4v) is 3.43. The van der Waals surface area contributed by atoms with E-state index >= 15 is 0 Å². The van der Waals surface area contributed by atoms with Crippen LogP contribution in [0.1, 0.15) is 30.5 Å². The van der Waals surface area contributed by atoms with E-state index in [1.54, 1.807) is 0 Å². The van der Waals surface area contributed by atoms with Crippen molar-refractivity contribution in [2.45, 2.75) is 50.4 Å². The molecule has 3 rings (SSSR count). The number of halogens is 7. The van der Waals surface area contributed by atoms with Crippen LogP contribution >= 0.6 is 0 Å². The Balaban J connectivity index is 1.49. The fraction of sp³-hybridized carbons (Fsp3) is 0.500. The van der Waals surface area contributed by atoms with Gasteiger partial charge in [0.05, 0.1) is 37.0 Å². The largest absolute Gasteiger partial charge is 0.393 e. The van der Waals surface area contributed by atoms with Crippen LogP contribution < -0.4 is 22.2 Å². The topological polar surface area (TPSA) is 144 Å². The lowest BCUT2D eigenvalue weighted by atomic mass is 9.76. The highest BCUT2D eigenvalue weighted by atomic mass is 19.4. The number of nitrogens with one attached hydrogen (secondary N) is 2. The number of hydrogen-bond donors (Lipinski definition) is 4. The van der Waals surface area contributed by atoms with Gasteiger partial charge in [-0.15, -0.1) is 0 Å². The second-order valence-electron chi connectivity index (χ2n) is 8.48. The van der Waals surface area contributed by atoms with Crippen LogP contribution in [0.2, 0.25) is 0 Å². The van der Waals surface area contributed by atoms with Gasteiger partial charge < -0.3 is 21.4 Å². The van der Waals surface area contributed by atoms with Gasteiger partial charge in [0, 0.05) is 32.1 Å². The molecule has 1 atom stereocenters. The van der Waals surface area contributed by atoms with Gasteiger partial charge >= 0.3 is 18.0 Å². The average molecular weight is 540 g/mol. The third-order valence-electron chi connectivity index (χ3n) is 5.48. The molecule has 204 valence electrons. The van der Waals surface area contributed by atoms with Gasteiger partial charge in [-0.3, -0.25) is 9.59 Å². The average Bonchev–Trinajstić information content (AvgIpc) is 3.21. The van der Waals surface area contributed by atoms with Gasteiger partial charge in [0.1, 0.15) is 5.70 Å².